The van der Waals surface area contributed by atoms with Crippen molar-refractivity contribution in [3.63, 3.8) is 0 Å². The van der Waals surface area contributed by atoms with E-state index >= 15 is 0 Å². The minimum Gasteiger partial charge on any atom is -0.447 e. The first-order chi connectivity index (χ1) is 13.0. The SMILES string of the molecule is O=C(C[C@H]1CCN2C(=O)OC[C@H]2C1)Nc1cc(-c2ccc(F)cc2F)no1. The summed E-state index contributed by atoms with van der Waals surface area (Å²) < 4.78 is 36.9. The van der Waals surface area contributed by atoms with E-state index in [9.17, 15) is 18.4 Å². The van der Waals surface area contributed by atoms with Crippen LogP contribution in [0.25, 0.3) is 11.3 Å². The number of aromatic nitrogens is 1. The second kappa shape index (κ2) is 6.98. The fourth-order valence-corrected chi connectivity index (χ4v) is 3.58. The van der Waals surface area contributed by atoms with E-state index in [-0.39, 0.29) is 47.5 Å². The van der Waals surface area contributed by atoms with E-state index in [1.54, 1.807) is 4.90 Å². The topological polar surface area (TPSA) is 84.7 Å². The molecule has 2 atom stereocenters. The van der Waals surface area contributed by atoms with Gasteiger partial charge in [-0.3, -0.25) is 10.1 Å². The number of cyclic esters (lactones) is 1. The summed E-state index contributed by atoms with van der Waals surface area (Å²) in [7, 11) is 0. The number of carbonyl (C=O) groups excluding carboxylic acids is 2. The van der Waals surface area contributed by atoms with Gasteiger partial charge in [-0.2, -0.15) is 0 Å². The van der Waals surface area contributed by atoms with Gasteiger partial charge in [-0.05, 0) is 30.9 Å². The van der Waals surface area contributed by atoms with Gasteiger partial charge in [0.15, 0.2) is 0 Å². The second-order valence-electron chi connectivity index (χ2n) is 6.77. The van der Waals surface area contributed by atoms with Crippen molar-refractivity contribution in [2.24, 2.45) is 5.92 Å². The summed E-state index contributed by atoms with van der Waals surface area (Å²) in [6, 6.07) is 4.55. The molecule has 0 saturated carbocycles. The number of fused-ring (bicyclic) bond motifs is 1. The van der Waals surface area contributed by atoms with Gasteiger partial charge in [-0.1, -0.05) is 5.16 Å². The molecule has 9 heteroatoms. The van der Waals surface area contributed by atoms with Crippen molar-refractivity contribution < 1.29 is 27.6 Å². The number of hydrogen-bond donors (Lipinski definition) is 1. The van der Waals surface area contributed by atoms with Crippen molar-refractivity contribution in [3.8, 4) is 11.3 Å². The van der Waals surface area contributed by atoms with E-state index in [4.69, 9.17) is 9.26 Å². The molecule has 2 amide bonds. The zero-order valence-corrected chi connectivity index (χ0v) is 14.3. The van der Waals surface area contributed by atoms with Crippen LogP contribution in [-0.4, -0.2) is 41.3 Å². The molecule has 2 aromatic rings. The van der Waals surface area contributed by atoms with Crippen molar-refractivity contribution in [2.75, 3.05) is 18.5 Å². The number of ether oxygens (including phenoxy) is 1. The third kappa shape index (κ3) is 3.62. The highest BCUT2D eigenvalue weighted by atomic mass is 19.1. The molecule has 7 nitrogen and oxygen atoms in total. The molecule has 142 valence electrons. The fourth-order valence-electron chi connectivity index (χ4n) is 3.58. The third-order valence-corrected chi connectivity index (χ3v) is 4.91. The number of carbonyl (C=O) groups is 2. The van der Waals surface area contributed by atoms with E-state index in [1.807, 2.05) is 0 Å². The van der Waals surface area contributed by atoms with Gasteiger partial charge in [0.05, 0.1) is 6.04 Å². The maximum Gasteiger partial charge on any atom is 0.410 e. The zero-order chi connectivity index (χ0) is 19.0. The number of piperidine rings is 1. The number of hydrogen-bond acceptors (Lipinski definition) is 5. The number of anilines is 1. The molecule has 2 saturated heterocycles. The molecule has 0 aliphatic carbocycles. The molecular formula is C18H17F2N3O4. The first-order valence-corrected chi connectivity index (χ1v) is 8.65. The summed E-state index contributed by atoms with van der Waals surface area (Å²) in [5.41, 5.74) is 0.247. The predicted molar refractivity (Wildman–Crippen MR) is 89.7 cm³/mol. The van der Waals surface area contributed by atoms with Crippen LogP contribution in [0, 0.1) is 17.6 Å². The van der Waals surface area contributed by atoms with Crippen LogP contribution in [0.3, 0.4) is 0 Å². The third-order valence-electron chi connectivity index (χ3n) is 4.91. The Bertz CT molecular complexity index is 885. The first-order valence-electron chi connectivity index (χ1n) is 8.65. The Hall–Kier alpha value is -2.97. The number of amides is 2. The molecule has 2 fully saturated rings. The maximum absolute atomic E-state index is 13.8. The minimum atomic E-state index is -0.763. The lowest BCUT2D eigenvalue weighted by atomic mass is 9.89. The summed E-state index contributed by atoms with van der Waals surface area (Å²) in [5, 5.41) is 6.32. The Morgan fingerprint density at radius 1 is 1.33 bits per heavy atom. The lowest BCUT2D eigenvalue weighted by molar-refractivity contribution is -0.117. The molecule has 2 aliphatic rings. The average molecular weight is 377 g/mol. The van der Waals surface area contributed by atoms with E-state index in [1.165, 1.54) is 12.1 Å². The summed E-state index contributed by atoms with van der Waals surface area (Å²) in [6.45, 7) is 0.948. The van der Waals surface area contributed by atoms with Crippen LogP contribution in [0.4, 0.5) is 19.5 Å². The van der Waals surface area contributed by atoms with E-state index < -0.39 is 11.6 Å². The van der Waals surface area contributed by atoms with E-state index in [2.05, 4.69) is 10.5 Å². The van der Waals surface area contributed by atoms with Crippen molar-refractivity contribution in [1.82, 2.24) is 10.1 Å². The molecular weight excluding hydrogens is 360 g/mol. The smallest absolute Gasteiger partial charge is 0.410 e. The van der Waals surface area contributed by atoms with Gasteiger partial charge in [-0.25, -0.2) is 13.6 Å². The number of halogens is 2. The highest BCUT2D eigenvalue weighted by Crippen LogP contribution is 2.30. The normalized spacial score (nSPS) is 21.7. The Balaban J connectivity index is 1.35. The van der Waals surface area contributed by atoms with Crippen LogP contribution >= 0.6 is 0 Å². The van der Waals surface area contributed by atoms with Crippen LogP contribution in [0.5, 0.6) is 0 Å². The largest absolute Gasteiger partial charge is 0.447 e. The number of rotatable bonds is 4. The zero-order valence-electron chi connectivity index (χ0n) is 14.3. The number of nitrogens with zero attached hydrogens (tertiary/aromatic N) is 2. The highest BCUT2D eigenvalue weighted by molar-refractivity contribution is 5.90. The molecule has 1 aromatic carbocycles. The maximum atomic E-state index is 13.8. The van der Waals surface area contributed by atoms with Crippen molar-refractivity contribution in [1.29, 1.82) is 0 Å². The summed E-state index contributed by atoms with van der Waals surface area (Å²) in [5.74, 6) is -1.47. The Labute approximate surface area is 153 Å². The van der Waals surface area contributed by atoms with Crippen LogP contribution in [0.2, 0.25) is 0 Å². The summed E-state index contributed by atoms with van der Waals surface area (Å²) >= 11 is 0. The van der Waals surface area contributed by atoms with Gasteiger partial charge in [0.25, 0.3) is 0 Å². The van der Waals surface area contributed by atoms with Crippen molar-refractivity contribution >= 4 is 17.9 Å². The molecule has 2 aliphatic heterocycles. The first kappa shape index (κ1) is 17.4. The molecule has 0 bridgehead atoms. The second-order valence-corrected chi connectivity index (χ2v) is 6.77. The predicted octanol–water partition coefficient (Wildman–Crippen LogP) is 3.18. The molecule has 4 rings (SSSR count). The molecule has 3 heterocycles. The molecule has 1 N–H and O–H groups in total. The summed E-state index contributed by atoms with van der Waals surface area (Å²) in [6.07, 6.45) is 1.42. The number of nitrogens with one attached hydrogen (secondary N) is 1. The molecule has 0 spiro atoms. The molecule has 0 unspecified atom stereocenters. The average Bonchev–Trinajstić information content (AvgIpc) is 3.22. The quantitative estimate of drug-likeness (QED) is 0.885. The Kier molecular flexibility index (Phi) is 4.51. The van der Waals surface area contributed by atoms with Crippen molar-refractivity contribution in [2.45, 2.75) is 25.3 Å². The molecule has 27 heavy (non-hydrogen) atoms. The molecule has 1 aromatic heterocycles. The van der Waals surface area contributed by atoms with E-state index in [0.717, 1.165) is 18.6 Å². The fraction of sp³-hybridized carbons (Fsp3) is 0.389. The molecule has 0 radical (unpaired) electrons. The monoisotopic (exact) mass is 377 g/mol. The standard InChI is InChI=1S/C18H17F2N3O4/c19-11-1-2-13(14(20)7-11)15-8-17(27-22-15)21-16(24)6-10-3-4-23-12(5-10)9-26-18(23)25/h1-2,7-8,10,12H,3-6,9H2,(H,21,24)/t10-,12+/m0/s1. The lowest BCUT2D eigenvalue weighted by Crippen LogP contribution is -2.41. The van der Waals surface area contributed by atoms with Gasteiger partial charge in [0.1, 0.15) is 23.9 Å². The van der Waals surface area contributed by atoms with E-state index in [0.29, 0.717) is 19.6 Å². The van der Waals surface area contributed by atoms with Gasteiger partial charge >= 0.3 is 6.09 Å². The van der Waals surface area contributed by atoms with Crippen LogP contribution in [0.15, 0.2) is 28.8 Å². The Morgan fingerprint density at radius 2 is 2.19 bits per heavy atom. The minimum absolute atomic E-state index is 0.0300. The van der Waals surface area contributed by atoms with Gasteiger partial charge < -0.3 is 14.2 Å². The van der Waals surface area contributed by atoms with Crippen LogP contribution in [0.1, 0.15) is 19.3 Å². The Morgan fingerprint density at radius 3 is 3.00 bits per heavy atom. The van der Waals surface area contributed by atoms with Crippen LogP contribution < -0.4 is 5.32 Å². The van der Waals surface area contributed by atoms with Gasteiger partial charge in [0.2, 0.25) is 11.8 Å². The number of benzene rings is 1. The van der Waals surface area contributed by atoms with Crippen LogP contribution in [-0.2, 0) is 9.53 Å². The van der Waals surface area contributed by atoms with Crippen molar-refractivity contribution in [3.05, 3.63) is 35.9 Å². The van der Waals surface area contributed by atoms with Gasteiger partial charge in [0, 0.05) is 30.7 Å². The summed E-state index contributed by atoms with van der Waals surface area (Å²) in [4.78, 5) is 25.5. The lowest BCUT2D eigenvalue weighted by Gasteiger charge is -2.31. The highest BCUT2D eigenvalue weighted by Gasteiger charge is 2.38. The van der Waals surface area contributed by atoms with Gasteiger partial charge in [-0.15, -0.1) is 0 Å².